The minimum absolute atomic E-state index is 0.0465. The van der Waals surface area contributed by atoms with Gasteiger partial charge in [-0.1, -0.05) is 127 Å². The van der Waals surface area contributed by atoms with Crippen LogP contribution in [0.25, 0.3) is 76.9 Å². The predicted molar refractivity (Wildman–Crippen MR) is 165 cm³/mol. The van der Waals surface area contributed by atoms with Crippen molar-refractivity contribution in [2.75, 3.05) is 0 Å². The summed E-state index contributed by atoms with van der Waals surface area (Å²) >= 11 is 0. The summed E-state index contributed by atoms with van der Waals surface area (Å²) in [7, 11) is 0. The molecule has 8 rings (SSSR count). The topological polar surface area (TPSA) is 13.1 Å². The quantitative estimate of drug-likeness (QED) is 0.220. The molecule has 0 atom stereocenters. The molecule has 39 heavy (non-hydrogen) atoms. The van der Waals surface area contributed by atoms with Crippen LogP contribution in [0.15, 0.2) is 150 Å². The highest BCUT2D eigenvalue weighted by Gasteiger charge is 2.19. The number of fused-ring (bicyclic) bond motifs is 5. The minimum atomic E-state index is -0.243. The van der Waals surface area contributed by atoms with E-state index in [9.17, 15) is 0 Å². The van der Waals surface area contributed by atoms with Crippen LogP contribution in [0.2, 0.25) is 0 Å². The van der Waals surface area contributed by atoms with Gasteiger partial charge in [0.1, 0.15) is 11.2 Å². The summed E-state index contributed by atoms with van der Waals surface area (Å²) < 4.78 is 41.6. The van der Waals surface area contributed by atoms with Crippen LogP contribution >= 0.6 is 0 Å². The van der Waals surface area contributed by atoms with E-state index in [1.54, 1.807) is 0 Å². The van der Waals surface area contributed by atoms with E-state index in [1.807, 2.05) is 72.8 Å². The summed E-state index contributed by atoms with van der Waals surface area (Å²) in [5, 5.41) is 5.99. The minimum Gasteiger partial charge on any atom is -0.456 e. The van der Waals surface area contributed by atoms with Crippen molar-refractivity contribution in [1.82, 2.24) is 0 Å². The smallest absolute Gasteiger partial charge is 0.136 e. The summed E-state index contributed by atoms with van der Waals surface area (Å²) in [6, 6.07) is 39.7. The molecule has 8 aromatic rings. The molecule has 1 nitrogen and oxygen atoms in total. The fourth-order valence-electron chi connectivity index (χ4n) is 5.91. The molecule has 0 amide bonds. The van der Waals surface area contributed by atoms with Gasteiger partial charge in [-0.25, -0.2) is 0 Å². The van der Waals surface area contributed by atoms with Crippen molar-refractivity contribution in [3.63, 3.8) is 0 Å². The average Bonchev–Trinajstić information content (AvgIpc) is 3.43. The summed E-state index contributed by atoms with van der Waals surface area (Å²) in [6.45, 7) is 0. The lowest BCUT2D eigenvalue weighted by atomic mass is 9.84. The van der Waals surface area contributed by atoms with Crippen LogP contribution in [0.4, 0.5) is 0 Å². The van der Waals surface area contributed by atoms with E-state index in [4.69, 9.17) is 9.90 Å². The lowest BCUT2D eigenvalue weighted by Crippen LogP contribution is -1.92. The van der Waals surface area contributed by atoms with Gasteiger partial charge in [-0.3, -0.25) is 0 Å². The maximum absolute atomic E-state index is 9.17. The van der Waals surface area contributed by atoms with Gasteiger partial charge in [-0.2, -0.15) is 0 Å². The van der Waals surface area contributed by atoms with Crippen molar-refractivity contribution in [2.45, 2.75) is 0 Å². The summed E-state index contributed by atoms with van der Waals surface area (Å²) in [4.78, 5) is 0. The first kappa shape index (κ1) is 18.2. The molecule has 0 aliphatic carbocycles. The van der Waals surface area contributed by atoms with Gasteiger partial charge in [0.2, 0.25) is 0 Å². The van der Waals surface area contributed by atoms with Crippen LogP contribution in [0.5, 0.6) is 0 Å². The monoisotopic (exact) mass is 500 g/mol. The van der Waals surface area contributed by atoms with Gasteiger partial charge in [0.05, 0.1) is 5.48 Å². The Morgan fingerprint density at radius 1 is 0.410 bits per heavy atom. The van der Waals surface area contributed by atoms with Gasteiger partial charge in [0.15, 0.2) is 0 Å². The molecular formula is C38H24O. The zero-order valence-corrected chi connectivity index (χ0v) is 21.0. The fraction of sp³-hybridized carbons (Fsp3) is 0. The molecule has 0 spiro atoms. The number of para-hydroxylation sites is 1. The maximum atomic E-state index is 9.17. The molecule has 0 saturated carbocycles. The molecule has 0 saturated heterocycles. The summed E-state index contributed by atoms with van der Waals surface area (Å²) in [6.07, 6.45) is 0. The molecular weight excluding hydrogens is 472 g/mol. The van der Waals surface area contributed by atoms with Crippen LogP contribution in [0.1, 0.15) is 5.48 Å². The second-order valence-corrected chi connectivity index (χ2v) is 9.77. The Balaban J connectivity index is 1.52. The van der Waals surface area contributed by atoms with Gasteiger partial charge in [-0.15, -0.1) is 0 Å². The van der Waals surface area contributed by atoms with Crippen LogP contribution in [0, 0.1) is 0 Å². The number of benzene rings is 7. The van der Waals surface area contributed by atoms with E-state index < -0.39 is 0 Å². The van der Waals surface area contributed by atoms with Crippen molar-refractivity contribution >= 4 is 43.5 Å². The second kappa shape index (κ2) is 8.72. The average molecular weight is 501 g/mol. The molecule has 0 unspecified atom stereocenters. The van der Waals surface area contributed by atoms with Crippen molar-refractivity contribution in [2.24, 2.45) is 0 Å². The van der Waals surface area contributed by atoms with E-state index in [0.29, 0.717) is 11.1 Å². The summed E-state index contributed by atoms with van der Waals surface area (Å²) in [5.41, 5.74) is 6.29. The molecule has 0 bridgehead atoms. The third-order valence-corrected chi connectivity index (χ3v) is 7.60. The Morgan fingerprint density at radius 3 is 1.64 bits per heavy atom. The highest BCUT2D eigenvalue weighted by Crippen LogP contribution is 2.46. The zero-order valence-electron chi connectivity index (χ0n) is 25.0. The van der Waals surface area contributed by atoms with Crippen LogP contribution in [0.3, 0.4) is 0 Å². The Hall–Kier alpha value is -5.14. The maximum Gasteiger partial charge on any atom is 0.136 e. The zero-order chi connectivity index (χ0) is 29.2. The third kappa shape index (κ3) is 3.41. The number of hydrogen-bond acceptors (Lipinski definition) is 1. The molecule has 1 aromatic heterocycles. The molecule has 182 valence electrons. The highest BCUT2D eigenvalue weighted by molar-refractivity contribution is 6.23. The Labute approximate surface area is 232 Å². The first-order valence-electron chi connectivity index (χ1n) is 15.0. The fourth-order valence-corrected chi connectivity index (χ4v) is 5.91. The van der Waals surface area contributed by atoms with Gasteiger partial charge in [0.25, 0.3) is 0 Å². The van der Waals surface area contributed by atoms with E-state index in [-0.39, 0.29) is 24.2 Å². The Morgan fingerprint density at radius 2 is 0.949 bits per heavy atom. The van der Waals surface area contributed by atoms with Gasteiger partial charge in [-0.05, 0) is 73.1 Å². The van der Waals surface area contributed by atoms with E-state index >= 15 is 0 Å². The Kier molecular flexibility index (Phi) is 4.06. The number of furan rings is 1. The van der Waals surface area contributed by atoms with E-state index in [0.717, 1.165) is 65.7 Å². The Bertz CT molecular complexity index is 2330. The van der Waals surface area contributed by atoms with Crippen molar-refractivity contribution < 1.29 is 9.90 Å². The molecule has 0 N–H and O–H groups in total. The van der Waals surface area contributed by atoms with Crippen LogP contribution in [-0.2, 0) is 0 Å². The SMILES string of the molecule is [2H]c1c([2H])c([2H])c(-c2c3ccccc3c(-c3ccc4c(c3)oc3ccccc34)c3ccccc23)c(-c2ccccc2)c1[2H]. The molecule has 1 heteroatoms. The highest BCUT2D eigenvalue weighted by atomic mass is 16.3. The number of rotatable bonds is 3. The predicted octanol–water partition coefficient (Wildman–Crippen LogP) is 10.9. The molecule has 0 fully saturated rings. The molecule has 0 radical (unpaired) electrons. The van der Waals surface area contributed by atoms with Crippen molar-refractivity contribution in [3.05, 3.63) is 145 Å². The van der Waals surface area contributed by atoms with Gasteiger partial charge < -0.3 is 4.42 Å². The van der Waals surface area contributed by atoms with Crippen LogP contribution in [-0.4, -0.2) is 0 Å². The first-order valence-corrected chi connectivity index (χ1v) is 13.0. The standard InChI is InChI=1S/C38H24O/c1-2-12-25(13-3-1)27-14-4-5-16-30(27)38-33-19-8-6-17-31(33)37(32-18-7-9-20-34(32)38)26-22-23-29-28-15-10-11-21-35(28)39-36(29)24-26/h1-24H/i4D,5D,14D,16D. The number of hydrogen-bond donors (Lipinski definition) is 0. The second-order valence-electron chi connectivity index (χ2n) is 9.77. The lowest BCUT2D eigenvalue weighted by molar-refractivity contribution is 0.669. The first-order chi connectivity index (χ1) is 21.0. The molecule has 1 heterocycles. The van der Waals surface area contributed by atoms with Crippen LogP contribution < -0.4 is 0 Å². The lowest BCUT2D eigenvalue weighted by Gasteiger charge is -2.19. The van der Waals surface area contributed by atoms with Gasteiger partial charge in [0, 0.05) is 10.8 Å². The van der Waals surface area contributed by atoms with E-state index in [1.165, 1.54) is 0 Å². The van der Waals surface area contributed by atoms with E-state index in [2.05, 4.69) is 48.5 Å². The third-order valence-electron chi connectivity index (χ3n) is 7.60. The molecule has 0 aliphatic rings. The van der Waals surface area contributed by atoms with Gasteiger partial charge >= 0.3 is 0 Å². The van der Waals surface area contributed by atoms with Crippen molar-refractivity contribution in [3.8, 4) is 33.4 Å². The normalized spacial score (nSPS) is 13.0. The molecule has 0 aliphatic heterocycles. The summed E-state index contributed by atoms with van der Waals surface area (Å²) in [5.74, 6) is 0. The van der Waals surface area contributed by atoms with Crippen molar-refractivity contribution in [1.29, 1.82) is 0 Å². The molecule has 7 aromatic carbocycles. The largest absolute Gasteiger partial charge is 0.456 e.